The minimum atomic E-state index is 0.284. The number of fused-ring (bicyclic) bond motifs is 1. The number of hydrogen-bond acceptors (Lipinski definition) is 2. The number of benzene rings is 3. The molecule has 2 heteroatoms. The molecule has 0 saturated heterocycles. The molecule has 1 aliphatic heterocycles. The zero-order valence-corrected chi connectivity index (χ0v) is 20.4. The van der Waals surface area contributed by atoms with E-state index in [-0.39, 0.29) is 6.04 Å². The van der Waals surface area contributed by atoms with Gasteiger partial charge in [-0.25, -0.2) is 0 Å². The topological polar surface area (TPSA) is 16.1 Å². The summed E-state index contributed by atoms with van der Waals surface area (Å²) in [6.07, 6.45) is 12.4. The highest BCUT2D eigenvalue weighted by Crippen LogP contribution is 2.42. The summed E-state index contributed by atoms with van der Waals surface area (Å²) < 4.78 is 0. The molecule has 4 aromatic rings. The monoisotopic (exact) mass is 454 g/mol. The molecule has 0 fully saturated rings. The lowest BCUT2D eigenvalue weighted by atomic mass is 9.78. The van der Waals surface area contributed by atoms with E-state index in [1.165, 1.54) is 44.2 Å². The summed E-state index contributed by atoms with van der Waals surface area (Å²) >= 11 is 0. The quantitative estimate of drug-likeness (QED) is 0.283. The highest BCUT2D eigenvalue weighted by atomic mass is 15.1. The zero-order valence-electron chi connectivity index (χ0n) is 20.4. The fourth-order valence-electron chi connectivity index (χ4n) is 5.54. The molecule has 0 spiro atoms. The van der Waals surface area contributed by atoms with Crippen LogP contribution in [-0.2, 0) is 0 Å². The van der Waals surface area contributed by atoms with E-state index < -0.39 is 0 Å². The summed E-state index contributed by atoms with van der Waals surface area (Å²) in [6, 6.07) is 28.5. The Kier molecular flexibility index (Phi) is 5.58. The van der Waals surface area contributed by atoms with E-state index in [0.717, 1.165) is 18.7 Å². The molecule has 2 atom stereocenters. The Morgan fingerprint density at radius 2 is 1.60 bits per heavy atom. The summed E-state index contributed by atoms with van der Waals surface area (Å²) in [4.78, 5) is 7.30. The van der Waals surface area contributed by atoms with Crippen molar-refractivity contribution in [3.05, 3.63) is 137 Å². The van der Waals surface area contributed by atoms with Crippen LogP contribution in [-0.4, -0.2) is 16.4 Å². The minimum absolute atomic E-state index is 0.284. The summed E-state index contributed by atoms with van der Waals surface area (Å²) in [6.45, 7) is 5.36. The highest BCUT2D eigenvalue weighted by molar-refractivity contribution is 5.95. The lowest BCUT2D eigenvalue weighted by Gasteiger charge is -2.37. The molecule has 6 rings (SSSR count). The van der Waals surface area contributed by atoms with Gasteiger partial charge in [-0.2, -0.15) is 0 Å². The minimum Gasteiger partial charge on any atom is -0.363 e. The molecular formula is C33H30N2. The first-order valence-corrected chi connectivity index (χ1v) is 12.5. The van der Waals surface area contributed by atoms with E-state index in [1.54, 1.807) is 0 Å². The third-order valence-corrected chi connectivity index (χ3v) is 7.37. The van der Waals surface area contributed by atoms with Gasteiger partial charge in [-0.05, 0) is 54.0 Å². The Morgan fingerprint density at radius 1 is 0.857 bits per heavy atom. The number of aromatic nitrogens is 1. The van der Waals surface area contributed by atoms with Crippen molar-refractivity contribution in [1.82, 2.24) is 9.88 Å². The number of rotatable bonds is 5. The first-order valence-electron chi connectivity index (χ1n) is 12.5. The average Bonchev–Trinajstić information content (AvgIpc) is 2.86. The molecule has 2 nitrogen and oxygen atoms in total. The maximum atomic E-state index is 4.81. The Balaban J connectivity index is 1.28. The molecule has 35 heavy (non-hydrogen) atoms. The van der Waals surface area contributed by atoms with Crippen LogP contribution >= 0.6 is 0 Å². The van der Waals surface area contributed by atoms with Crippen molar-refractivity contribution >= 4 is 10.8 Å². The lowest BCUT2D eigenvalue weighted by molar-refractivity contribution is 0.333. The fraction of sp³-hybridized carbons (Fsp3) is 0.182. The molecule has 2 aliphatic rings. The second-order valence-electron chi connectivity index (χ2n) is 9.81. The molecule has 1 aliphatic carbocycles. The predicted molar refractivity (Wildman–Crippen MR) is 146 cm³/mol. The maximum absolute atomic E-state index is 4.81. The van der Waals surface area contributed by atoms with E-state index in [0.29, 0.717) is 5.92 Å². The Morgan fingerprint density at radius 3 is 2.46 bits per heavy atom. The van der Waals surface area contributed by atoms with Crippen LogP contribution in [0.3, 0.4) is 0 Å². The average molecular weight is 455 g/mol. The summed E-state index contributed by atoms with van der Waals surface area (Å²) in [5.74, 6) is 0.435. The first-order chi connectivity index (χ1) is 17.2. The van der Waals surface area contributed by atoms with Gasteiger partial charge < -0.3 is 4.90 Å². The van der Waals surface area contributed by atoms with Crippen LogP contribution in [0.2, 0.25) is 0 Å². The third kappa shape index (κ3) is 4.10. The molecule has 0 N–H and O–H groups in total. The largest absolute Gasteiger partial charge is 0.363 e. The number of hydrogen-bond donors (Lipinski definition) is 0. The van der Waals surface area contributed by atoms with Gasteiger partial charge in [0.25, 0.3) is 0 Å². The van der Waals surface area contributed by atoms with E-state index in [4.69, 9.17) is 4.98 Å². The van der Waals surface area contributed by atoms with Crippen LogP contribution < -0.4 is 0 Å². The molecule has 2 unspecified atom stereocenters. The fourth-order valence-corrected chi connectivity index (χ4v) is 5.54. The van der Waals surface area contributed by atoms with Crippen molar-refractivity contribution in [2.75, 3.05) is 6.54 Å². The standard InChI is InChI=1S/C33H30N2/c1-23-15-16-32(28-11-5-3-9-24(28)2)35(21-23)22-25-19-27(20-25)29-12-7-8-14-31(29)33-30-13-6-4-10-26(30)17-18-34-33/h3-19,21,27,32H,20,22H2,1-2H3. The van der Waals surface area contributed by atoms with Crippen molar-refractivity contribution in [1.29, 1.82) is 0 Å². The Labute approximate surface area is 208 Å². The maximum Gasteiger partial charge on any atom is 0.0783 e. The van der Waals surface area contributed by atoms with Crippen LogP contribution in [0.15, 0.2) is 121 Å². The van der Waals surface area contributed by atoms with Crippen LogP contribution in [0.5, 0.6) is 0 Å². The van der Waals surface area contributed by atoms with Crippen LogP contribution in [0.1, 0.15) is 42.0 Å². The second-order valence-corrected chi connectivity index (χ2v) is 9.81. The van der Waals surface area contributed by atoms with Gasteiger partial charge in [0.1, 0.15) is 0 Å². The van der Waals surface area contributed by atoms with Gasteiger partial charge >= 0.3 is 0 Å². The van der Waals surface area contributed by atoms with Crippen molar-refractivity contribution in [2.24, 2.45) is 0 Å². The smallest absolute Gasteiger partial charge is 0.0783 e. The van der Waals surface area contributed by atoms with Crippen LogP contribution in [0.25, 0.3) is 22.0 Å². The van der Waals surface area contributed by atoms with Gasteiger partial charge in [-0.15, -0.1) is 0 Å². The van der Waals surface area contributed by atoms with E-state index >= 15 is 0 Å². The predicted octanol–water partition coefficient (Wildman–Crippen LogP) is 8.14. The normalized spacial score (nSPS) is 19.3. The number of pyridine rings is 1. The lowest BCUT2D eigenvalue weighted by Crippen LogP contribution is -2.29. The van der Waals surface area contributed by atoms with Gasteiger partial charge in [0, 0.05) is 35.8 Å². The van der Waals surface area contributed by atoms with Crippen molar-refractivity contribution < 1.29 is 0 Å². The van der Waals surface area contributed by atoms with Gasteiger partial charge in [-0.1, -0.05) is 96.6 Å². The summed E-state index contributed by atoms with van der Waals surface area (Å²) in [5, 5.41) is 2.45. The third-order valence-electron chi connectivity index (χ3n) is 7.37. The van der Waals surface area contributed by atoms with Crippen LogP contribution in [0, 0.1) is 6.92 Å². The molecule has 0 amide bonds. The molecule has 0 saturated carbocycles. The van der Waals surface area contributed by atoms with Crippen molar-refractivity contribution in [3.63, 3.8) is 0 Å². The molecular weight excluding hydrogens is 424 g/mol. The van der Waals surface area contributed by atoms with Gasteiger partial charge in [-0.3, -0.25) is 4.98 Å². The number of allylic oxidation sites excluding steroid dienone is 3. The van der Waals surface area contributed by atoms with Gasteiger partial charge in [0.05, 0.1) is 11.7 Å². The van der Waals surface area contributed by atoms with Crippen molar-refractivity contribution in [3.8, 4) is 11.3 Å². The van der Waals surface area contributed by atoms with E-state index in [9.17, 15) is 0 Å². The Hall–Kier alpha value is -3.91. The molecule has 3 aromatic carbocycles. The molecule has 2 heterocycles. The van der Waals surface area contributed by atoms with E-state index in [1.807, 2.05) is 6.20 Å². The second kappa shape index (κ2) is 9.03. The van der Waals surface area contributed by atoms with Gasteiger partial charge in [0.15, 0.2) is 0 Å². The molecule has 0 bridgehead atoms. The van der Waals surface area contributed by atoms with Crippen LogP contribution in [0.4, 0.5) is 0 Å². The molecule has 0 radical (unpaired) electrons. The number of nitrogens with zero attached hydrogens (tertiary/aromatic N) is 2. The van der Waals surface area contributed by atoms with Gasteiger partial charge in [0.2, 0.25) is 0 Å². The Bertz CT molecular complexity index is 1480. The van der Waals surface area contributed by atoms with Crippen molar-refractivity contribution in [2.45, 2.75) is 32.2 Å². The molecule has 1 aromatic heterocycles. The molecule has 172 valence electrons. The first kappa shape index (κ1) is 21.6. The summed E-state index contributed by atoms with van der Waals surface area (Å²) in [7, 11) is 0. The summed E-state index contributed by atoms with van der Waals surface area (Å²) in [5.41, 5.74) is 9.25. The SMILES string of the molecule is CC1=CN(CC2=CC(c3ccccc3-c3nccc4ccccc34)C2)C(c2ccccc2C)C=C1. The zero-order chi connectivity index (χ0) is 23.8. The highest BCUT2D eigenvalue weighted by Gasteiger charge is 2.27. The van der Waals surface area contributed by atoms with E-state index in [2.05, 4.69) is 122 Å². The number of aryl methyl sites for hydroxylation is 1.